The predicted octanol–water partition coefficient (Wildman–Crippen LogP) is 2.31. The fourth-order valence-electron chi connectivity index (χ4n) is 3.04. The lowest BCUT2D eigenvalue weighted by molar-refractivity contribution is 0.174. The molecule has 3 rings (SSSR count). The minimum Gasteiger partial charge on any atom is -0.497 e. The number of likely N-dealkylation sites (N-methyl/N-ethyl adjacent to an activating group) is 1. The van der Waals surface area contributed by atoms with E-state index in [9.17, 15) is 8.42 Å². The van der Waals surface area contributed by atoms with E-state index in [0.29, 0.717) is 22.8 Å². The van der Waals surface area contributed by atoms with Crippen LogP contribution < -0.4 is 18.9 Å². The maximum atomic E-state index is 12.8. The molecule has 1 aliphatic rings. The Bertz CT molecular complexity index is 928. The fraction of sp³-hybridized carbons (Fsp3) is 0.368. The van der Waals surface area contributed by atoms with Gasteiger partial charge >= 0.3 is 0 Å². The Morgan fingerprint density at radius 1 is 1.15 bits per heavy atom. The summed E-state index contributed by atoms with van der Waals surface area (Å²) in [7, 11) is 1.71. The number of nitrogens with one attached hydrogen (secondary N) is 1. The van der Waals surface area contributed by atoms with Crippen molar-refractivity contribution < 1.29 is 22.6 Å². The summed E-state index contributed by atoms with van der Waals surface area (Å²) in [5.74, 6) is 2.00. The smallest absolute Gasteiger partial charge is 0.240 e. The van der Waals surface area contributed by atoms with Crippen LogP contribution in [0.1, 0.15) is 17.2 Å². The van der Waals surface area contributed by atoms with Crippen molar-refractivity contribution in [2.45, 2.75) is 17.9 Å². The number of nitrogens with zero attached hydrogens (tertiary/aromatic N) is 1. The van der Waals surface area contributed by atoms with E-state index >= 15 is 0 Å². The molecule has 0 saturated carbocycles. The van der Waals surface area contributed by atoms with Gasteiger partial charge < -0.3 is 19.1 Å². The van der Waals surface area contributed by atoms with E-state index in [0.717, 1.165) is 5.56 Å². The number of benzene rings is 2. The second-order valence-corrected chi connectivity index (χ2v) is 8.31. The highest BCUT2D eigenvalue weighted by atomic mass is 32.2. The Labute approximate surface area is 159 Å². The van der Waals surface area contributed by atoms with Crippen molar-refractivity contribution in [1.29, 1.82) is 0 Å². The summed E-state index contributed by atoms with van der Waals surface area (Å²) >= 11 is 0. The minimum absolute atomic E-state index is 0.159. The minimum atomic E-state index is -3.65. The van der Waals surface area contributed by atoms with Crippen molar-refractivity contribution in [3.05, 3.63) is 47.5 Å². The Balaban J connectivity index is 1.79. The largest absolute Gasteiger partial charge is 0.497 e. The maximum Gasteiger partial charge on any atom is 0.240 e. The third kappa shape index (κ3) is 4.18. The molecule has 2 aromatic rings. The first-order valence-corrected chi connectivity index (χ1v) is 10.0. The van der Waals surface area contributed by atoms with Gasteiger partial charge in [0.15, 0.2) is 11.5 Å². The molecule has 1 N–H and O–H groups in total. The summed E-state index contributed by atoms with van der Waals surface area (Å²) in [5.41, 5.74) is 1.57. The second kappa shape index (κ2) is 7.75. The molecule has 0 radical (unpaired) electrons. The van der Waals surface area contributed by atoms with Crippen LogP contribution in [0.5, 0.6) is 17.2 Å². The van der Waals surface area contributed by atoms with Gasteiger partial charge in [0.2, 0.25) is 16.8 Å². The number of fused-ring (bicyclic) bond motifs is 1. The number of methoxy groups -OCH3 is 1. The molecule has 1 heterocycles. The summed E-state index contributed by atoms with van der Waals surface area (Å²) in [4.78, 5) is 2.20. The summed E-state index contributed by atoms with van der Waals surface area (Å²) < 4.78 is 44.2. The number of hydrogen-bond acceptors (Lipinski definition) is 6. The van der Waals surface area contributed by atoms with Gasteiger partial charge in [-0.2, -0.15) is 0 Å². The Hall–Kier alpha value is -2.29. The normalized spacial score (nSPS) is 14.4. The lowest BCUT2D eigenvalue weighted by Gasteiger charge is -2.25. The van der Waals surface area contributed by atoms with Crippen molar-refractivity contribution in [2.24, 2.45) is 0 Å². The number of aryl methyl sites for hydroxylation is 1. The number of hydrogen-bond donors (Lipinski definition) is 1. The van der Waals surface area contributed by atoms with Crippen molar-refractivity contribution in [3.63, 3.8) is 0 Å². The van der Waals surface area contributed by atoms with E-state index in [4.69, 9.17) is 14.2 Å². The summed E-state index contributed by atoms with van der Waals surface area (Å²) in [6.07, 6.45) is 0. The van der Waals surface area contributed by atoms with E-state index < -0.39 is 10.0 Å². The summed E-state index contributed by atoms with van der Waals surface area (Å²) in [5, 5.41) is 0. The van der Waals surface area contributed by atoms with Crippen LogP contribution in [0.3, 0.4) is 0 Å². The fourth-order valence-corrected chi connectivity index (χ4v) is 4.30. The highest BCUT2D eigenvalue weighted by Crippen LogP contribution is 2.35. The summed E-state index contributed by atoms with van der Waals surface area (Å²) in [6.45, 7) is 2.17. The maximum absolute atomic E-state index is 12.8. The van der Waals surface area contributed by atoms with Gasteiger partial charge in [-0.3, -0.25) is 0 Å². The molecule has 0 aliphatic carbocycles. The zero-order valence-corrected chi connectivity index (χ0v) is 16.7. The number of ether oxygens (including phenoxy) is 3. The molecule has 0 amide bonds. The first-order chi connectivity index (χ1) is 12.8. The molecular weight excluding hydrogens is 368 g/mol. The Morgan fingerprint density at radius 2 is 1.89 bits per heavy atom. The van der Waals surface area contributed by atoms with Gasteiger partial charge in [0.05, 0.1) is 12.0 Å². The van der Waals surface area contributed by atoms with Crippen LogP contribution in [0.2, 0.25) is 0 Å². The Morgan fingerprint density at radius 3 is 2.56 bits per heavy atom. The molecule has 8 heteroatoms. The van der Waals surface area contributed by atoms with Gasteiger partial charge in [-0.1, -0.05) is 6.07 Å². The zero-order chi connectivity index (χ0) is 19.6. The first kappa shape index (κ1) is 19.5. The molecule has 146 valence electrons. The molecule has 0 saturated heterocycles. The average molecular weight is 392 g/mol. The van der Waals surface area contributed by atoms with Gasteiger partial charge in [-0.05, 0) is 62.5 Å². The van der Waals surface area contributed by atoms with Gasteiger partial charge in [-0.25, -0.2) is 13.1 Å². The third-order valence-electron chi connectivity index (χ3n) is 4.54. The van der Waals surface area contributed by atoms with Crippen LogP contribution >= 0.6 is 0 Å². The van der Waals surface area contributed by atoms with Gasteiger partial charge in [-0.15, -0.1) is 0 Å². The van der Waals surface area contributed by atoms with Gasteiger partial charge in [0.1, 0.15) is 5.75 Å². The molecule has 1 unspecified atom stereocenters. The van der Waals surface area contributed by atoms with E-state index in [1.54, 1.807) is 32.2 Å². The molecule has 0 bridgehead atoms. The van der Waals surface area contributed by atoms with Crippen LogP contribution in [0.25, 0.3) is 0 Å². The number of rotatable bonds is 7. The SMILES string of the molecule is COc1ccc(S(=O)(=O)NCC(c2ccc3c(c2)OCO3)N(C)C)c(C)c1. The molecule has 7 nitrogen and oxygen atoms in total. The van der Waals surface area contributed by atoms with Crippen LogP contribution in [0.4, 0.5) is 0 Å². The van der Waals surface area contributed by atoms with Crippen molar-refractivity contribution in [3.8, 4) is 17.2 Å². The molecule has 27 heavy (non-hydrogen) atoms. The van der Waals surface area contributed by atoms with Crippen LogP contribution in [0.15, 0.2) is 41.3 Å². The van der Waals surface area contributed by atoms with E-state index in [1.807, 2.05) is 37.2 Å². The lowest BCUT2D eigenvalue weighted by atomic mass is 10.1. The second-order valence-electron chi connectivity index (χ2n) is 6.58. The monoisotopic (exact) mass is 392 g/mol. The van der Waals surface area contributed by atoms with Crippen LogP contribution in [0, 0.1) is 6.92 Å². The molecule has 0 spiro atoms. The highest BCUT2D eigenvalue weighted by Gasteiger charge is 2.23. The number of sulfonamides is 1. The molecule has 1 atom stereocenters. The molecule has 1 aliphatic heterocycles. The van der Waals surface area contributed by atoms with Crippen molar-refractivity contribution in [2.75, 3.05) is 34.5 Å². The molecule has 0 aromatic heterocycles. The van der Waals surface area contributed by atoms with Crippen molar-refractivity contribution in [1.82, 2.24) is 9.62 Å². The highest BCUT2D eigenvalue weighted by molar-refractivity contribution is 7.89. The van der Waals surface area contributed by atoms with Gasteiger partial charge in [0.25, 0.3) is 0 Å². The average Bonchev–Trinajstić information content (AvgIpc) is 3.09. The third-order valence-corrected chi connectivity index (χ3v) is 6.13. The topological polar surface area (TPSA) is 77.1 Å². The predicted molar refractivity (Wildman–Crippen MR) is 102 cm³/mol. The quantitative estimate of drug-likeness (QED) is 0.779. The lowest BCUT2D eigenvalue weighted by Crippen LogP contribution is -2.34. The van der Waals surface area contributed by atoms with E-state index in [2.05, 4.69) is 4.72 Å². The first-order valence-electron chi connectivity index (χ1n) is 8.52. The van der Waals surface area contributed by atoms with Gasteiger partial charge in [0, 0.05) is 12.6 Å². The Kier molecular flexibility index (Phi) is 5.59. The zero-order valence-electron chi connectivity index (χ0n) is 15.9. The standard InChI is InChI=1S/C19H24N2O5S/c1-13-9-15(24-4)6-8-19(13)27(22,23)20-11-16(21(2)3)14-5-7-17-18(10-14)26-12-25-17/h5-10,16,20H,11-12H2,1-4H3. The van der Waals surface area contributed by atoms with Crippen molar-refractivity contribution >= 4 is 10.0 Å². The molecule has 2 aromatic carbocycles. The molecule has 0 fully saturated rings. The molecular formula is C19H24N2O5S. The van der Waals surface area contributed by atoms with Crippen LogP contribution in [-0.4, -0.2) is 47.9 Å². The van der Waals surface area contributed by atoms with Crippen LogP contribution in [-0.2, 0) is 10.0 Å². The van der Waals surface area contributed by atoms with E-state index in [-0.39, 0.29) is 24.3 Å². The van der Waals surface area contributed by atoms with E-state index in [1.165, 1.54) is 0 Å². The summed E-state index contributed by atoms with van der Waals surface area (Å²) in [6, 6.07) is 10.4.